The number of hydrogen-bond donors (Lipinski definition) is 0. The van der Waals surface area contributed by atoms with E-state index in [0.29, 0.717) is 44.7 Å². The Morgan fingerprint density at radius 3 is 2.17 bits per heavy atom. The van der Waals surface area contributed by atoms with E-state index in [1.165, 1.54) is 6.07 Å². The Bertz CT molecular complexity index is 1500. The lowest BCUT2D eigenvalue weighted by Crippen LogP contribution is -2.06. The lowest BCUT2D eigenvalue weighted by Gasteiger charge is -2.10. The van der Waals surface area contributed by atoms with Crippen LogP contribution in [0.25, 0.3) is 22.2 Å². The molecule has 0 radical (unpaired) electrons. The summed E-state index contributed by atoms with van der Waals surface area (Å²) in [6, 6.07) is 25.6. The summed E-state index contributed by atoms with van der Waals surface area (Å²) in [6.45, 7) is 0.323. The molecule has 5 aromatic rings. The molecule has 0 aliphatic carbocycles. The molecular formula is C27H17Cl2F3N2O. The Hall–Kier alpha value is -3.48. The first-order valence-corrected chi connectivity index (χ1v) is 11.4. The van der Waals surface area contributed by atoms with Crippen LogP contribution in [0.15, 0.2) is 91.0 Å². The fraction of sp³-hybridized carbons (Fsp3) is 0.0741. The van der Waals surface area contributed by atoms with Gasteiger partial charge in [-0.05, 0) is 48.0 Å². The lowest BCUT2D eigenvalue weighted by atomic mass is 10.0. The summed E-state index contributed by atoms with van der Waals surface area (Å²) in [4.78, 5) is 0. The van der Waals surface area contributed by atoms with Crippen LogP contribution >= 0.6 is 23.2 Å². The third kappa shape index (κ3) is 4.85. The first kappa shape index (κ1) is 23.3. The predicted molar refractivity (Wildman–Crippen MR) is 132 cm³/mol. The van der Waals surface area contributed by atoms with E-state index in [9.17, 15) is 13.2 Å². The molecule has 0 fully saturated rings. The standard InChI is InChI=1S/C27H17Cl2F3N2O/c28-23-14-13-20(15-24(23)29)35-19-11-9-18(10-12-19)26-21-7-4-8-22(27(30,31)32)25(21)33-34(26)16-17-5-2-1-3-6-17/h1-15H,16H2. The van der Waals surface area contributed by atoms with Crippen LogP contribution in [0.2, 0.25) is 10.0 Å². The summed E-state index contributed by atoms with van der Waals surface area (Å²) in [6.07, 6.45) is -4.51. The Labute approximate surface area is 209 Å². The molecule has 0 aliphatic rings. The van der Waals surface area contributed by atoms with Crippen molar-refractivity contribution in [3.05, 3.63) is 112 Å². The maximum Gasteiger partial charge on any atom is 0.418 e. The van der Waals surface area contributed by atoms with Gasteiger partial charge in [0.15, 0.2) is 0 Å². The average Bonchev–Trinajstić information content (AvgIpc) is 3.20. The molecule has 176 valence electrons. The smallest absolute Gasteiger partial charge is 0.418 e. The zero-order valence-corrected chi connectivity index (χ0v) is 19.6. The second-order valence-electron chi connectivity index (χ2n) is 7.89. The molecule has 8 heteroatoms. The van der Waals surface area contributed by atoms with Crippen LogP contribution in [0, 0.1) is 0 Å². The normalized spacial score (nSPS) is 11.7. The second kappa shape index (κ2) is 9.29. The quantitative estimate of drug-likeness (QED) is 0.235. The molecule has 0 bridgehead atoms. The third-order valence-corrected chi connectivity index (χ3v) is 6.24. The molecule has 0 N–H and O–H groups in total. The van der Waals surface area contributed by atoms with Gasteiger partial charge in [0.25, 0.3) is 0 Å². The molecule has 0 spiro atoms. The highest BCUT2D eigenvalue weighted by Crippen LogP contribution is 2.39. The monoisotopic (exact) mass is 512 g/mol. The largest absolute Gasteiger partial charge is 0.457 e. The molecule has 4 aromatic carbocycles. The summed E-state index contributed by atoms with van der Waals surface area (Å²) < 4.78 is 48.6. The van der Waals surface area contributed by atoms with Gasteiger partial charge in [0.05, 0.1) is 27.8 Å². The van der Waals surface area contributed by atoms with Crippen LogP contribution < -0.4 is 4.74 Å². The molecule has 0 saturated heterocycles. The highest BCUT2D eigenvalue weighted by Gasteiger charge is 2.34. The molecule has 3 nitrogen and oxygen atoms in total. The van der Waals surface area contributed by atoms with Gasteiger partial charge in [0.2, 0.25) is 0 Å². The van der Waals surface area contributed by atoms with E-state index >= 15 is 0 Å². The van der Waals surface area contributed by atoms with Gasteiger partial charge in [0.1, 0.15) is 17.0 Å². The average molecular weight is 513 g/mol. The number of halogens is 5. The van der Waals surface area contributed by atoms with E-state index in [1.54, 1.807) is 53.2 Å². The topological polar surface area (TPSA) is 27.1 Å². The molecule has 1 heterocycles. The van der Waals surface area contributed by atoms with Gasteiger partial charge in [-0.1, -0.05) is 65.7 Å². The minimum absolute atomic E-state index is 0.0814. The van der Waals surface area contributed by atoms with Crippen LogP contribution in [-0.2, 0) is 12.7 Å². The Morgan fingerprint density at radius 1 is 0.771 bits per heavy atom. The molecule has 35 heavy (non-hydrogen) atoms. The summed E-state index contributed by atoms with van der Waals surface area (Å²) in [7, 11) is 0. The van der Waals surface area contributed by atoms with E-state index in [-0.39, 0.29) is 5.52 Å². The number of ether oxygens (including phenoxy) is 1. The van der Waals surface area contributed by atoms with Crippen molar-refractivity contribution in [3.63, 3.8) is 0 Å². The van der Waals surface area contributed by atoms with Crippen molar-refractivity contribution in [3.8, 4) is 22.8 Å². The number of fused-ring (bicyclic) bond motifs is 1. The van der Waals surface area contributed by atoms with Crippen molar-refractivity contribution >= 4 is 34.1 Å². The van der Waals surface area contributed by atoms with Crippen LogP contribution in [0.3, 0.4) is 0 Å². The number of aromatic nitrogens is 2. The molecular weight excluding hydrogens is 496 g/mol. The van der Waals surface area contributed by atoms with E-state index in [2.05, 4.69) is 5.10 Å². The van der Waals surface area contributed by atoms with Crippen LogP contribution in [0.1, 0.15) is 11.1 Å². The molecule has 5 rings (SSSR count). The molecule has 0 saturated carbocycles. The molecule has 0 amide bonds. The van der Waals surface area contributed by atoms with Crippen LogP contribution in [-0.4, -0.2) is 9.78 Å². The number of nitrogens with zero attached hydrogens (tertiary/aromatic N) is 2. The molecule has 0 unspecified atom stereocenters. The summed E-state index contributed by atoms with van der Waals surface area (Å²) in [5, 5.41) is 5.62. The summed E-state index contributed by atoms with van der Waals surface area (Å²) >= 11 is 12.0. The fourth-order valence-electron chi connectivity index (χ4n) is 3.91. The van der Waals surface area contributed by atoms with E-state index in [4.69, 9.17) is 27.9 Å². The first-order chi connectivity index (χ1) is 16.8. The van der Waals surface area contributed by atoms with Crippen molar-refractivity contribution in [2.75, 3.05) is 0 Å². The SMILES string of the molecule is FC(F)(F)c1cccc2c(-c3ccc(Oc4ccc(Cl)c(Cl)c4)cc3)n(Cc3ccccc3)nc12. The number of rotatable bonds is 5. The van der Waals surface area contributed by atoms with Crippen LogP contribution in [0.5, 0.6) is 11.5 Å². The van der Waals surface area contributed by atoms with Crippen LogP contribution in [0.4, 0.5) is 13.2 Å². The van der Waals surface area contributed by atoms with E-state index in [1.807, 2.05) is 30.3 Å². The first-order valence-electron chi connectivity index (χ1n) is 10.6. The van der Waals surface area contributed by atoms with E-state index < -0.39 is 11.7 Å². The minimum atomic E-state index is -4.51. The highest BCUT2D eigenvalue weighted by atomic mass is 35.5. The van der Waals surface area contributed by atoms with Gasteiger partial charge in [0, 0.05) is 17.0 Å². The highest BCUT2D eigenvalue weighted by molar-refractivity contribution is 6.42. The van der Waals surface area contributed by atoms with Gasteiger partial charge >= 0.3 is 6.18 Å². The van der Waals surface area contributed by atoms with E-state index in [0.717, 1.165) is 11.6 Å². The van der Waals surface area contributed by atoms with Gasteiger partial charge in [-0.15, -0.1) is 0 Å². The number of alkyl halides is 3. The summed E-state index contributed by atoms with van der Waals surface area (Å²) in [5.41, 5.74) is 1.39. The van der Waals surface area contributed by atoms with Crippen molar-refractivity contribution < 1.29 is 17.9 Å². The molecule has 0 aliphatic heterocycles. The fourth-order valence-corrected chi connectivity index (χ4v) is 4.20. The summed E-state index contributed by atoms with van der Waals surface area (Å²) in [5.74, 6) is 1.06. The van der Waals surface area contributed by atoms with Crippen molar-refractivity contribution in [2.45, 2.75) is 12.7 Å². The predicted octanol–water partition coefficient (Wildman–Crippen LogP) is 8.87. The van der Waals surface area contributed by atoms with Gasteiger partial charge < -0.3 is 4.74 Å². The van der Waals surface area contributed by atoms with Crippen molar-refractivity contribution in [1.82, 2.24) is 9.78 Å². The lowest BCUT2D eigenvalue weighted by molar-refractivity contribution is -0.136. The van der Waals surface area contributed by atoms with Gasteiger partial charge in [-0.25, -0.2) is 0 Å². The Morgan fingerprint density at radius 2 is 1.49 bits per heavy atom. The van der Waals surface area contributed by atoms with Gasteiger partial charge in [-0.3, -0.25) is 4.68 Å². The third-order valence-electron chi connectivity index (χ3n) is 5.51. The zero-order valence-electron chi connectivity index (χ0n) is 18.1. The Kier molecular flexibility index (Phi) is 6.17. The van der Waals surface area contributed by atoms with Gasteiger partial charge in [-0.2, -0.15) is 18.3 Å². The zero-order chi connectivity index (χ0) is 24.6. The number of benzene rings is 4. The molecule has 1 aromatic heterocycles. The number of hydrogen-bond acceptors (Lipinski definition) is 2. The minimum Gasteiger partial charge on any atom is -0.457 e. The maximum absolute atomic E-state index is 13.7. The second-order valence-corrected chi connectivity index (χ2v) is 8.71. The molecule has 0 atom stereocenters. The van der Waals surface area contributed by atoms with Crippen molar-refractivity contribution in [1.29, 1.82) is 0 Å². The van der Waals surface area contributed by atoms with Crippen molar-refractivity contribution in [2.24, 2.45) is 0 Å². The Balaban J connectivity index is 1.57. The maximum atomic E-state index is 13.7.